The van der Waals surface area contributed by atoms with Gasteiger partial charge in [0.1, 0.15) is 0 Å². The molecular weight excluding hydrogens is 1470 g/mol. The van der Waals surface area contributed by atoms with Gasteiger partial charge in [0, 0.05) is 43.9 Å². The lowest BCUT2D eigenvalue weighted by atomic mass is 9.70. The van der Waals surface area contributed by atoms with Crippen LogP contribution in [0.4, 0.5) is 26.3 Å². The van der Waals surface area contributed by atoms with Crippen molar-refractivity contribution >= 4 is 11.6 Å². The average Bonchev–Trinajstić information content (AvgIpc) is 0.712. The summed E-state index contributed by atoms with van der Waals surface area (Å²) in [6.45, 7) is 22.6. The van der Waals surface area contributed by atoms with Gasteiger partial charge in [0.05, 0.1) is 15.1 Å². The maximum Gasteiger partial charge on any atom is 0.411 e. The van der Waals surface area contributed by atoms with Crippen molar-refractivity contribution in [2.45, 2.75) is 116 Å². The van der Waals surface area contributed by atoms with Gasteiger partial charge in [-0.2, -0.15) is 26.3 Å². The quantitative estimate of drug-likeness (QED) is 0.0549. The Labute approximate surface area is 709 Å². The molecule has 0 N–H and O–H groups in total. The van der Waals surface area contributed by atoms with Crippen molar-refractivity contribution in [2.24, 2.45) is 0 Å². The Morgan fingerprint density at radius 1 is 0.212 bits per heavy atom. The summed E-state index contributed by atoms with van der Waals surface area (Å²) in [5.74, 6) is -0.258. The minimum Gasteiger partial charge on any atom is -0.289 e. The minimum absolute atomic E-state index is 0.0125. The van der Waals surface area contributed by atoms with Gasteiger partial charge in [-0.05, 0) is 115 Å². The van der Waals surface area contributed by atoms with E-state index in [2.05, 4.69) is 128 Å². The minimum atomic E-state index is -5.59. The highest BCUT2D eigenvalue weighted by atomic mass is 19.4. The third-order valence-corrected chi connectivity index (χ3v) is 21.5. The molecule has 8 heteroatoms. The average molecular weight is 1580 g/mol. The van der Waals surface area contributed by atoms with Crippen LogP contribution >= 0.6 is 0 Å². The zero-order valence-corrected chi connectivity index (χ0v) is 68.1. The van der Waals surface area contributed by atoms with Gasteiger partial charge < -0.3 is 0 Å². The third-order valence-electron chi connectivity index (χ3n) is 21.5. The van der Waals surface area contributed by atoms with Gasteiger partial charge in [-0.1, -0.05) is 474 Å². The Morgan fingerprint density at radius 3 is 0.712 bits per heavy atom. The number of hydrogen-bond acceptors (Lipinski definition) is 2. The van der Waals surface area contributed by atoms with E-state index in [-0.39, 0.29) is 45.9 Å². The zero-order chi connectivity index (χ0) is 94.1. The van der Waals surface area contributed by atoms with Crippen LogP contribution in [0.5, 0.6) is 0 Å². The zero-order valence-electron chi connectivity index (χ0n) is 79.1. The van der Waals surface area contributed by atoms with Crippen molar-refractivity contribution in [1.82, 2.24) is 0 Å². The number of aryl methyl sites for hydroxylation is 4. The number of benzene rings is 15. The Hall–Kier alpha value is -12.8. The number of rotatable bonds is 16. The Balaban J connectivity index is 0.000000164. The van der Waals surface area contributed by atoms with E-state index in [9.17, 15) is 35.9 Å². The number of ketones is 2. The molecule has 0 radical (unpaired) electrons. The monoisotopic (exact) mass is 1580 g/mol. The van der Waals surface area contributed by atoms with Crippen molar-refractivity contribution in [3.8, 4) is 0 Å². The summed E-state index contributed by atoms with van der Waals surface area (Å²) >= 11 is 0. The smallest absolute Gasteiger partial charge is 0.289 e. The molecule has 2 nitrogen and oxygen atoms in total. The van der Waals surface area contributed by atoms with Crippen LogP contribution in [0.15, 0.2) is 418 Å². The molecule has 0 heterocycles. The molecule has 0 aromatic heterocycles. The molecular formula is C110H102F6O2. The number of hydrogen-bond donors (Lipinski definition) is 0. The lowest BCUT2D eigenvalue weighted by molar-refractivity contribution is -0.288. The van der Waals surface area contributed by atoms with E-state index < -0.39 is 34.3 Å². The molecule has 0 aliphatic heterocycles. The van der Waals surface area contributed by atoms with Crippen molar-refractivity contribution in [3.05, 3.63) is 535 Å². The van der Waals surface area contributed by atoms with E-state index in [1.54, 1.807) is 80.6 Å². The molecule has 0 fully saturated rings. The molecule has 0 atom stereocenters. The molecule has 0 aliphatic carbocycles. The van der Waals surface area contributed by atoms with Crippen LogP contribution in [0, 0.1) is 34.6 Å². The topological polar surface area (TPSA) is 34.1 Å². The first kappa shape index (κ1) is 72.9. The largest absolute Gasteiger partial charge is 0.411 e. The van der Waals surface area contributed by atoms with Gasteiger partial charge >= 0.3 is 12.4 Å². The lowest BCUT2D eigenvalue weighted by Crippen LogP contribution is -2.54. The van der Waals surface area contributed by atoms with Crippen LogP contribution in [0.2, 0.25) is 0 Å². The summed E-state index contributed by atoms with van der Waals surface area (Å²) < 4.78 is 166. The number of halogens is 6. The van der Waals surface area contributed by atoms with Crippen molar-refractivity contribution in [1.29, 1.82) is 0 Å². The van der Waals surface area contributed by atoms with E-state index in [1.807, 2.05) is 159 Å². The molecule has 0 unspecified atom stereocenters. The Morgan fingerprint density at radius 2 is 0.407 bits per heavy atom. The molecule has 0 amide bonds. The molecule has 0 aliphatic rings. The van der Waals surface area contributed by atoms with Gasteiger partial charge in [-0.3, -0.25) is 9.59 Å². The first-order valence-corrected chi connectivity index (χ1v) is 38.7. The SMILES string of the molecule is [2H]c1cc(C(=O)c2ccccc2)cc([2H])c1C.[2H]c1ccc(C(=O)c2ccc(C)c([2H])c2)cc1.[2H]c1ccc(C(C)(C)c2ccc(C(C)(c3ccc([2H])cc3)c3ccc([2H])cc3)cc2)cc1.[2H]c1ccc(C(C)(C)c2ccc(C)cc2)cc1.[2H]c1ccc(C(C)(c2ccc([2H])cc2)c2ccc(C)cc2)cc1.[2H]c1ccc(C(c2ccc(C)cc2)(C(F)(F)F)C(F)(F)F)cc1. The number of carbonyl (C=O) groups is 2. The molecule has 15 rings (SSSR count). The molecule has 0 saturated carbocycles. The molecule has 596 valence electrons. The van der Waals surface area contributed by atoms with Gasteiger partial charge in [-0.15, -0.1) is 0 Å². The van der Waals surface area contributed by atoms with E-state index in [0.29, 0.717) is 93.9 Å². The van der Waals surface area contributed by atoms with Gasteiger partial charge in [0.15, 0.2) is 11.6 Å². The first-order valence-electron chi connectivity index (χ1n) is 44.2. The van der Waals surface area contributed by atoms with Crippen LogP contribution in [-0.2, 0) is 27.1 Å². The van der Waals surface area contributed by atoms with Crippen LogP contribution in [0.3, 0.4) is 0 Å². The summed E-state index contributed by atoms with van der Waals surface area (Å²) in [5, 5.41) is 0. The highest BCUT2D eigenvalue weighted by Gasteiger charge is 2.72. The Kier molecular flexibility index (Phi) is 24.5. The highest BCUT2D eigenvalue weighted by molar-refractivity contribution is 6.09. The molecule has 0 spiro atoms. The van der Waals surface area contributed by atoms with Gasteiger partial charge in [0.2, 0.25) is 5.41 Å². The van der Waals surface area contributed by atoms with Gasteiger partial charge in [-0.25, -0.2) is 0 Å². The van der Waals surface area contributed by atoms with Crippen molar-refractivity contribution in [3.63, 3.8) is 0 Å². The fourth-order valence-corrected chi connectivity index (χ4v) is 14.0. The second-order valence-electron chi connectivity index (χ2n) is 30.2. The van der Waals surface area contributed by atoms with Crippen molar-refractivity contribution < 1.29 is 51.0 Å². The summed E-state index contributed by atoms with van der Waals surface area (Å²) in [4.78, 5) is 24.2. The molecule has 118 heavy (non-hydrogen) atoms. The molecule has 15 aromatic rings. The highest BCUT2D eigenvalue weighted by Crippen LogP contribution is 2.56. The second-order valence-corrected chi connectivity index (χ2v) is 30.2. The number of alkyl halides is 6. The fourth-order valence-electron chi connectivity index (χ4n) is 14.0. The first-order chi connectivity index (χ1) is 60.9. The van der Waals surface area contributed by atoms with Crippen LogP contribution in [0.1, 0.15) is 183 Å². The maximum atomic E-state index is 13.7. The molecule has 0 bridgehead atoms. The third kappa shape index (κ3) is 21.3. The summed E-state index contributed by atoms with van der Waals surface area (Å²) in [6.07, 6.45) is -11.2. The fraction of sp³-hybridized carbons (Fsp3) is 0.164. The van der Waals surface area contributed by atoms with E-state index >= 15 is 0 Å². The van der Waals surface area contributed by atoms with Crippen LogP contribution in [0.25, 0.3) is 0 Å². The maximum absolute atomic E-state index is 13.7. The van der Waals surface area contributed by atoms with E-state index in [4.69, 9.17) is 15.1 Å². The van der Waals surface area contributed by atoms with Crippen LogP contribution in [-0.4, -0.2) is 23.9 Å². The molecule has 0 saturated heterocycles. The second kappa shape index (κ2) is 39.7. The van der Waals surface area contributed by atoms with Crippen molar-refractivity contribution in [2.75, 3.05) is 0 Å². The van der Waals surface area contributed by atoms with E-state index in [0.717, 1.165) is 57.6 Å². The molecule has 15 aromatic carbocycles. The Bertz CT molecular complexity index is 5950. The van der Waals surface area contributed by atoms with E-state index in [1.165, 1.54) is 63.2 Å². The lowest BCUT2D eigenvalue weighted by Gasteiger charge is -2.38. The van der Waals surface area contributed by atoms with Crippen LogP contribution < -0.4 is 0 Å². The van der Waals surface area contributed by atoms with Gasteiger partial charge in [0.25, 0.3) is 0 Å². The standard InChI is InChI=1S/C29H28.C21H20.C16H12F6.C16H18.2C14H12O/c1-28(2,23-13-7-4-8-14-23)24-19-21-27(22-20-24)29(3,25-15-9-5-10-16-25)26-17-11-6-12-18-26;1-17-13-15-20(16-14-17)21(2,18-9-5-3-6-10-18)19-11-7-4-8-12-19;1-11-7-9-13(10-8-11)14(15(17,18)19,16(20,21)22)12-5-3-2-4-6-12;1-13-9-11-15(12-10-13)16(2,3)14-7-5-4-6-8-14;2*1-11-7-9-13(10-8-11)14(15)12-5-3-2-4-6-12/h4-22H,1-3H3;3-16H,1-2H3;2-10H,1H3;4-12H,1-3H3;2*2-10H,1H3/i4D,5D,6D;3D,4D;2D;4D;7D,8D;2D,7D. The summed E-state index contributed by atoms with van der Waals surface area (Å²) in [6, 6.07) is 107. The normalized spacial score (nSPS) is 12.8. The summed E-state index contributed by atoms with van der Waals surface area (Å²) in [7, 11) is 0. The summed E-state index contributed by atoms with van der Waals surface area (Å²) in [5.41, 5.74) is 11.5. The predicted octanol–water partition coefficient (Wildman–Crippen LogP) is 28.9. The predicted molar refractivity (Wildman–Crippen MR) is 475 cm³/mol. The number of carbonyl (C=O) groups excluding carboxylic acids is 2.